The van der Waals surface area contributed by atoms with E-state index in [2.05, 4.69) is 68.1 Å². The zero-order valence-corrected chi connectivity index (χ0v) is 13.4. The fourth-order valence-electron chi connectivity index (χ4n) is 2.71. The van der Waals surface area contributed by atoms with E-state index in [4.69, 9.17) is 4.74 Å². The van der Waals surface area contributed by atoms with Crippen molar-refractivity contribution in [2.24, 2.45) is 0 Å². The summed E-state index contributed by atoms with van der Waals surface area (Å²) in [6.45, 7) is 6.06. The molecule has 22 heavy (non-hydrogen) atoms. The lowest BCUT2D eigenvalue weighted by Crippen LogP contribution is -2.17. The average Bonchev–Trinajstić information content (AvgIpc) is 2.59. The molecule has 0 amide bonds. The van der Waals surface area contributed by atoms with Crippen LogP contribution in [-0.2, 0) is 11.2 Å². The van der Waals surface area contributed by atoms with Crippen molar-refractivity contribution >= 4 is 0 Å². The molecule has 0 N–H and O–H groups in total. The SMILES string of the molecule is C=CC[C@H](CCc1ccccc1)O[C@H](CC)c1ccccc1. The Bertz CT molecular complexity index is 532. The van der Waals surface area contributed by atoms with E-state index in [1.165, 1.54) is 11.1 Å². The van der Waals surface area contributed by atoms with Gasteiger partial charge in [0, 0.05) is 0 Å². The van der Waals surface area contributed by atoms with Gasteiger partial charge in [-0.2, -0.15) is 0 Å². The Morgan fingerprint density at radius 1 is 1.00 bits per heavy atom. The van der Waals surface area contributed by atoms with Crippen molar-refractivity contribution in [2.45, 2.75) is 44.8 Å². The minimum absolute atomic E-state index is 0.168. The van der Waals surface area contributed by atoms with Crippen molar-refractivity contribution < 1.29 is 4.74 Å². The summed E-state index contributed by atoms with van der Waals surface area (Å²) in [5, 5.41) is 0. The van der Waals surface area contributed by atoms with Gasteiger partial charge in [0.25, 0.3) is 0 Å². The van der Waals surface area contributed by atoms with E-state index in [1.807, 2.05) is 12.1 Å². The van der Waals surface area contributed by atoms with Gasteiger partial charge in [-0.3, -0.25) is 0 Å². The van der Waals surface area contributed by atoms with Crippen molar-refractivity contribution in [1.82, 2.24) is 0 Å². The van der Waals surface area contributed by atoms with Crippen LogP contribution >= 0.6 is 0 Å². The molecule has 2 aromatic carbocycles. The minimum Gasteiger partial charge on any atom is -0.370 e. The van der Waals surface area contributed by atoms with E-state index < -0.39 is 0 Å². The average molecular weight is 294 g/mol. The summed E-state index contributed by atoms with van der Waals surface area (Å²) in [4.78, 5) is 0. The van der Waals surface area contributed by atoms with E-state index in [0.717, 1.165) is 25.7 Å². The number of hydrogen-bond donors (Lipinski definition) is 0. The van der Waals surface area contributed by atoms with Crippen molar-refractivity contribution in [3.8, 4) is 0 Å². The Labute approximate surface area is 134 Å². The van der Waals surface area contributed by atoms with Gasteiger partial charge in [0.15, 0.2) is 0 Å². The van der Waals surface area contributed by atoms with Crippen LogP contribution in [0.15, 0.2) is 73.3 Å². The maximum atomic E-state index is 6.38. The first-order chi connectivity index (χ1) is 10.8. The fraction of sp³-hybridized carbons (Fsp3) is 0.333. The molecule has 2 rings (SSSR count). The number of ether oxygens (including phenoxy) is 1. The second kappa shape index (κ2) is 9.22. The van der Waals surface area contributed by atoms with Crippen LogP contribution in [0.2, 0.25) is 0 Å². The van der Waals surface area contributed by atoms with E-state index in [1.54, 1.807) is 0 Å². The summed E-state index contributed by atoms with van der Waals surface area (Å²) in [6.07, 6.45) is 6.32. The largest absolute Gasteiger partial charge is 0.370 e. The smallest absolute Gasteiger partial charge is 0.0826 e. The van der Waals surface area contributed by atoms with Crippen molar-refractivity contribution in [1.29, 1.82) is 0 Å². The molecular weight excluding hydrogens is 268 g/mol. The summed E-state index contributed by atoms with van der Waals surface area (Å²) in [5.74, 6) is 0. The number of benzene rings is 2. The lowest BCUT2D eigenvalue weighted by Gasteiger charge is -2.24. The van der Waals surface area contributed by atoms with Crippen molar-refractivity contribution in [2.75, 3.05) is 0 Å². The van der Waals surface area contributed by atoms with E-state index in [0.29, 0.717) is 0 Å². The van der Waals surface area contributed by atoms with Crippen LogP contribution in [0.3, 0.4) is 0 Å². The first-order valence-electron chi connectivity index (χ1n) is 8.18. The van der Waals surface area contributed by atoms with E-state index >= 15 is 0 Å². The van der Waals surface area contributed by atoms with Gasteiger partial charge >= 0.3 is 0 Å². The summed E-state index contributed by atoms with van der Waals surface area (Å²) >= 11 is 0. The highest BCUT2D eigenvalue weighted by Gasteiger charge is 2.16. The lowest BCUT2D eigenvalue weighted by atomic mass is 10.0. The molecule has 0 aliphatic heterocycles. The van der Waals surface area contributed by atoms with Crippen LogP contribution in [0.5, 0.6) is 0 Å². The predicted molar refractivity (Wildman–Crippen MR) is 93.9 cm³/mol. The molecule has 1 heteroatoms. The molecule has 0 radical (unpaired) electrons. The molecule has 1 nitrogen and oxygen atoms in total. The fourth-order valence-corrected chi connectivity index (χ4v) is 2.71. The Morgan fingerprint density at radius 2 is 1.64 bits per heavy atom. The molecule has 2 atom stereocenters. The summed E-state index contributed by atoms with van der Waals surface area (Å²) in [5.41, 5.74) is 2.63. The molecule has 2 aromatic rings. The highest BCUT2D eigenvalue weighted by Crippen LogP contribution is 2.25. The molecule has 0 unspecified atom stereocenters. The quantitative estimate of drug-likeness (QED) is 0.536. The monoisotopic (exact) mass is 294 g/mol. The van der Waals surface area contributed by atoms with Crippen LogP contribution < -0.4 is 0 Å². The van der Waals surface area contributed by atoms with Gasteiger partial charge in [-0.15, -0.1) is 6.58 Å². The molecule has 116 valence electrons. The molecule has 0 aliphatic rings. The maximum Gasteiger partial charge on any atom is 0.0826 e. The lowest BCUT2D eigenvalue weighted by molar-refractivity contribution is -0.0177. The second-order valence-corrected chi connectivity index (χ2v) is 5.61. The van der Waals surface area contributed by atoms with Gasteiger partial charge in [0.2, 0.25) is 0 Å². The minimum atomic E-state index is 0.168. The Kier molecular flexibility index (Phi) is 6.92. The Balaban J connectivity index is 1.96. The number of hydrogen-bond acceptors (Lipinski definition) is 1. The molecule has 0 saturated heterocycles. The van der Waals surface area contributed by atoms with Crippen LogP contribution in [0.4, 0.5) is 0 Å². The van der Waals surface area contributed by atoms with Gasteiger partial charge in [-0.25, -0.2) is 0 Å². The Hall–Kier alpha value is -1.86. The van der Waals surface area contributed by atoms with Crippen LogP contribution in [0.1, 0.15) is 43.4 Å². The van der Waals surface area contributed by atoms with Crippen LogP contribution in [0, 0.1) is 0 Å². The summed E-state index contributed by atoms with van der Waals surface area (Å²) in [7, 11) is 0. The third kappa shape index (κ3) is 5.16. The molecule has 0 fully saturated rings. The predicted octanol–water partition coefficient (Wildman–Crippen LogP) is 5.73. The van der Waals surface area contributed by atoms with Gasteiger partial charge in [0.1, 0.15) is 0 Å². The van der Waals surface area contributed by atoms with Gasteiger partial charge in [-0.05, 0) is 36.8 Å². The zero-order valence-electron chi connectivity index (χ0n) is 13.4. The van der Waals surface area contributed by atoms with E-state index in [-0.39, 0.29) is 12.2 Å². The van der Waals surface area contributed by atoms with Crippen LogP contribution in [0.25, 0.3) is 0 Å². The summed E-state index contributed by atoms with van der Waals surface area (Å²) < 4.78 is 6.38. The topological polar surface area (TPSA) is 9.23 Å². The molecule has 0 bridgehead atoms. The molecule has 0 heterocycles. The third-order valence-corrected chi connectivity index (χ3v) is 3.93. The van der Waals surface area contributed by atoms with Gasteiger partial charge in [-0.1, -0.05) is 73.7 Å². The molecular formula is C21H26O. The molecule has 0 saturated carbocycles. The highest BCUT2D eigenvalue weighted by molar-refractivity contribution is 5.18. The molecule has 0 aliphatic carbocycles. The third-order valence-electron chi connectivity index (χ3n) is 3.93. The normalized spacial score (nSPS) is 13.5. The van der Waals surface area contributed by atoms with Crippen LogP contribution in [-0.4, -0.2) is 6.10 Å². The number of aryl methyl sites for hydroxylation is 1. The molecule has 0 spiro atoms. The zero-order chi connectivity index (χ0) is 15.6. The highest BCUT2D eigenvalue weighted by atomic mass is 16.5. The Morgan fingerprint density at radius 3 is 2.23 bits per heavy atom. The standard InChI is InChI=1S/C21H26O/c1-3-11-20(17-16-18-12-7-5-8-13-18)22-21(4-2)19-14-9-6-10-15-19/h3,5-10,12-15,20-21H,1,4,11,16-17H2,2H3/t20-,21-/m1/s1. The summed E-state index contributed by atoms with van der Waals surface area (Å²) in [6, 6.07) is 21.1. The van der Waals surface area contributed by atoms with Crippen molar-refractivity contribution in [3.05, 3.63) is 84.4 Å². The van der Waals surface area contributed by atoms with E-state index in [9.17, 15) is 0 Å². The van der Waals surface area contributed by atoms with Gasteiger partial charge in [0.05, 0.1) is 12.2 Å². The van der Waals surface area contributed by atoms with Gasteiger partial charge < -0.3 is 4.74 Å². The maximum absolute atomic E-state index is 6.38. The van der Waals surface area contributed by atoms with Crippen molar-refractivity contribution in [3.63, 3.8) is 0 Å². The second-order valence-electron chi connectivity index (χ2n) is 5.61. The first kappa shape index (κ1) is 16.5. The first-order valence-corrected chi connectivity index (χ1v) is 8.18. The molecule has 0 aromatic heterocycles. The number of rotatable bonds is 9.